The molecular formula is C14H18N2O2. The third-order valence-corrected chi connectivity index (χ3v) is 3.36. The van der Waals surface area contributed by atoms with Crippen molar-refractivity contribution in [2.24, 2.45) is 0 Å². The number of aromatic nitrogens is 1. The predicted octanol–water partition coefficient (Wildman–Crippen LogP) is 1.72. The zero-order chi connectivity index (χ0) is 12.2. The molecule has 1 aromatic heterocycles. The van der Waals surface area contributed by atoms with E-state index in [0.29, 0.717) is 6.61 Å². The van der Waals surface area contributed by atoms with Gasteiger partial charge in [-0.1, -0.05) is 12.1 Å². The highest BCUT2D eigenvalue weighted by atomic mass is 16.5. The Bertz CT molecular complexity index is 439. The molecule has 0 N–H and O–H groups in total. The summed E-state index contributed by atoms with van der Waals surface area (Å²) >= 11 is 0. The van der Waals surface area contributed by atoms with Gasteiger partial charge in [0.25, 0.3) is 0 Å². The first-order valence-electron chi connectivity index (χ1n) is 6.50. The Hall–Kier alpha value is -1.39. The number of morpholine rings is 1. The molecule has 0 saturated carbocycles. The quantitative estimate of drug-likeness (QED) is 0.796. The first-order chi connectivity index (χ1) is 8.93. The summed E-state index contributed by atoms with van der Waals surface area (Å²) < 4.78 is 10.7. The van der Waals surface area contributed by atoms with Gasteiger partial charge in [-0.15, -0.1) is 0 Å². The summed E-state index contributed by atoms with van der Waals surface area (Å²) in [5.41, 5.74) is 2.39. The minimum Gasteiger partial charge on any atom is -0.378 e. The lowest BCUT2D eigenvalue weighted by Gasteiger charge is -2.28. The lowest BCUT2D eigenvalue weighted by molar-refractivity contribution is 0.122. The van der Waals surface area contributed by atoms with Crippen LogP contribution in [0.4, 0.5) is 5.82 Å². The maximum Gasteiger partial charge on any atom is 0.129 e. The second-order valence-electron chi connectivity index (χ2n) is 4.53. The van der Waals surface area contributed by atoms with Crippen LogP contribution in [0.1, 0.15) is 12.1 Å². The van der Waals surface area contributed by atoms with Crippen LogP contribution in [0.25, 0.3) is 5.57 Å². The molecule has 0 spiro atoms. The zero-order valence-corrected chi connectivity index (χ0v) is 10.5. The molecule has 0 atom stereocenters. The van der Waals surface area contributed by atoms with Crippen LogP contribution in [-0.4, -0.2) is 44.5 Å². The number of rotatable bonds is 2. The molecule has 0 unspecified atom stereocenters. The van der Waals surface area contributed by atoms with E-state index in [1.807, 2.05) is 0 Å². The third-order valence-electron chi connectivity index (χ3n) is 3.36. The van der Waals surface area contributed by atoms with Gasteiger partial charge in [0.1, 0.15) is 5.82 Å². The van der Waals surface area contributed by atoms with Crippen LogP contribution < -0.4 is 4.90 Å². The average molecular weight is 246 g/mol. The Morgan fingerprint density at radius 1 is 1.06 bits per heavy atom. The fourth-order valence-electron chi connectivity index (χ4n) is 2.33. The molecule has 0 amide bonds. The first kappa shape index (κ1) is 11.7. The van der Waals surface area contributed by atoms with Crippen LogP contribution in [0.2, 0.25) is 0 Å². The topological polar surface area (TPSA) is 34.6 Å². The van der Waals surface area contributed by atoms with E-state index in [4.69, 9.17) is 14.5 Å². The van der Waals surface area contributed by atoms with Gasteiger partial charge in [-0.05, 0) is 24.1 Å². The largest absolute Gasteiger partial charge is 0.378 e. The van der Waals surface area contributed by atoms with E-state index in [-0.39, 0.29) is 0 Å². The van der Waals surface area contributed by atoms with Gasteiger partial charge in [0.15, 0.2) is 0 Å². The first-order valence-corrected chi connectivity index (χ1v) is 6.50. The van der Waals surface area contributed by atoms with Gasteiger partial charge in [-0.2, -0.15) is 0 Å². The number of ether oxygens (including phenoxy) is 2. The molecule has 0 radical (unpaired) electrons. The Morgan fingerprint density at radius 3 is 2.72 bits per heavy atom. The zero-order valence-electron chi connectivity index (χ0n) is 10.5. The van der Waals surface area contributed by atoms with Crippen molar-refractivity contribution in [3.63, 3.8) is 0 Å². The average Bonchev–Trinajstić information content (AvgIpc) is 2.49. The second-order valence-corrected chi connectivity index (χ2v) is 4.53. The Morgan fingerprint density at radius 2 is 1.94 bits per heavy atom. The van der Waals surface area contributed by atoms with Crippen LogP contribution in [0.3, 0.4) is 0 Å². The Kier molecular flexibility index (Phi) is 3.57. The SMILES string of the molecule is C1=C(c2cccc(N3CCOCC3)n2)CCOC1. The van der Waals surface area contributed by atoms with E-state index in [1.54, 1.807) is 0 Å². The summed E-state index contributed by atoms with van der Waals surface area (Å²) in [6.45, 7) is 4.95. The van der Waals surface area contributed by atoms with Gasteiger partial charge in [0.2, 0.25) is 0 Å². The van der Waals surface area contributed by atoms with Crippen LogP contribution >= 0.6 is 0 Å². The van der Waals surface area contributed by atoms with E-state index in [2.05, 4.69) is 29.2 Å². The third kappa shape index (κ3) is 2.54. The van der Waals surface area contributed by atoms with Crippen molar-refractivity contribution >= 4 is 11.4 Å². The predicted molar refractivity (Wildman–Crippen MR) is 70.7 cm³/mol. The lowest BCUT2D eigenvalue weighted by Crippen LogP contribution is -2.36. The monoisotopic (exact) mass is 246 g/mol. The summed E-state index contributed by atoms with van der Waals surface area (Å²) in [6.07, 6.45) is 3.09. The number of anilines is 1. The van der Waals surface area contributed by atoms with Crippen molar-refractivity contribution < 1.29 is 9.47 Å². The van der Waals surface area contributed by atoms with Crippen molar-refractivity contribution in [2.75, 3.05) is 44.4 Å². The molecule has 0 aromatic carbocycles. The highest BCUT2D eigenvalue weighted by Crippen LogP contribution is 2.22. The molecule has 18 heavy (non-hydrogen) atoms. The molecular weight excluding hydrogens is 228 g/mol. The molecule has 2 aliphatic heterocycles. The fraction of sp³-hybridized carbons (Fsp3) is 0.500. The van der Waals surface area contributed by atoms with Gasteiger partial charge in [0.05, 0.1) is 32.1 Å². The van der Waals surface area contributed by atoms with Crippen LogP contribution in [0.5, 0.6) is 0 Å². The summed E-state index contributed by atoms with van der Waals surface area (Å²) in [5, 5.41) is 0. The molecule has 3 rings (SSSR count). The lowest BCUT2D eigenvalue weighted by atomic mass is 10.1. The van der Waals surface area contributed by atoms with E-state index in [0.717, 1.165) is 50.8 Å². The molecule has 1 aromatic rings. The van der Waals surface area contributed by atoms with Crippen LogP contribution in [-0.2, 0) is 9.47 Å². The number of pyridine rings is 1. The minimum atomic E-state index is 0.707. The molecule has 96 valence electrons. The molecule has 3 heterocycles. The van der Waals surface area contributed by atoms with Gasteiger partial charge in [-0.25, -0.2) is 4.98 Å². The van der Waals surface area contributed by atoms with E-state index >= 15 is 0 Å². The molecule has 4 nitrogen and oxygen atoms in total. The molecule has 4 heteroatoms. The fourth-order valence-corrected chi connectivity index (χ4v) is 2.33. The van der Waals surface area contributed by atoms with Crippen LogP contribution in [0, 0.1) is 0 Å². The number of hydrogen-bond acceptors (Lipinski definition) is 4. The molecule has 1 fully saturated rings. The second kappa shape index (κ2) is 5.50. The normalized spacial score (nSPS) is 20.7. The molecule has 0 bridgehead atoms. The summed E-state index contributed by atoms with van der Waals surface area (Å²) in [5.74, 6) is 1.06. The van der Waals surface area contributed by atoms with Crippen molar-refractivity contribution in [2.45, 2.75) is 6.42 Å². The van der Waals surface area contributed by atoms with E-state index in [9.17, 15) is 0 Å². The van der Waals surface area contributed by atoms with Crippen molar-refractivity contribution in [1.29, 1.82) is 0 Å². The van der Waals surface area contributed by atoms with Crippen molar-refractivity contribution in [3.8, 4) is 0 Å². The van der Waals surface area contributed by atoms with Crippen molar-refractivity contribution in [3.05, 3.63) is 30.0 Å². The summed E-state index contributed by atoms with van der Waals surface area (Å²) in [7, 11) is 0. The number of hydrogen-bond donors (Lipinski definition) is 0. The Labute approximate surface area is 107 Å². The van der Waals surface area contributed by atoms with Gasteiger partial charge >= 0.3 is 0 Å². The van der Waals surface area contributed by atoms with E-state index in [1.165, 1.54) is 5.57 Å². The number of nitrogens with zero attached hydrogens (tertiary/aromatic N) is 2. The standard InChI is InChI=1S/C14H18N2O2/c1-2-13(12-4-8-17-9-5-12)15-14(3-1)16-6-10-18-11-7-16/h1-4H,5-11H2. The maximum absolute atomic E-state index is 5.37. The smallest absolute Gasteiger partial charge is 0.129 e. The molecule has 2 aliphatic rings. The maximum atomic E-state index is 5.37. The van der Waals surface area contributed by atoms with Crippen molar-refractivity contribution in [1.82, 2.24) is 4.98 Å². The molecule has 0 aliphatic carbocycles. The molecule has 1 saturated heterocycles. The van der Waals surface area contributed by atoms with Gasteiger partial charge in [0, 0.05) is 13.1 Å². The van der Waals surface area contributed by atoms with Gasteiger partial charge < -0.3 is 14.4 Å². The van der Waals surface area contributed by atoms with Gasteiger partial charge in [-0.3, -0.25) is 0 Å². The van der Waals surface area contributed by atoms with Crippen LogP contribution in [0.15, 0.2) is 24.3 Å². The Balaban J connectivity index is 1.81. The summed E-state index contributed by atoms with van der Waals surface area (Å²) in [6, 6.07) is 6.25. The summed E-state index contributed by atoms with van der Waals surface area (Å²) in [4.78, 5) is 7.05. The minimum absolute atomic E-state index is 0.707. The highest BCUT2D eigenvalue weighted by Gasteiger charge is 2.14. The highest BCUT2D eigenvalue weighted by molar-refractivity contribution is 5.64. The van der Waals surface area contributed by atoms with E-state index < -0.39 is 0 Å².